The first-order valence-electron chi connectivity index (χ1n) is 9.51. The lowest BCUT2D eigenvalue weighted by molar-refractivity contribution is -0.137. The van der Waals surface area contributed by atoms with E-state index in [2.05, 4.69) is 0 Å². The van der Waals surface area contributed by atoms with Crippen molar-refractivity contribution in [1.82, 2.24) is 9.21 Å². The zero-order valence-electron chi connectivity index (χ0n) is 17.0. The number of hydrogen-bond donors (Lipinski definition) is 0. The van der Waals surface area contributed by atoms with Gasteiger partial charge in [-0.25, -0.2) is 8.42 Å². The Hall–Kier alpha value is -2.56. The molecule has 3 rings (SSSR count). The van der Waals surface area contributed by atoms with E-state index in [-0.39, 0.29) is 37.1 Å². The molecule has 0 aromatic heterocycles. The number of sulfonamides is 1. The first-order valence-corrected chi connectivity index (χ1v) is 11.3. The Balaban J connectivity index is 1.70. The highest BCUT2D eigenvalue weighted by molar-refractivity contribution is 7.89. The smallest absolute Gasteiger partial charge is 0.416 e. The molecule has 0 bridgehead atoms. The van der Waals surface area contributed by atoms with Gasteiger partial charge in [-0.05, 0) is 30.3 Å². The van der Waals surface area contributed by atoms with Crippen molar-refractivity contribution in [2.75, 3.05) is 33.3 Å². The number of hydrogen-bond acceptors (Lipinski definition) is 4. The summed E-state index contributed by atoms with van der Waals surface area (Å²) in [7, 11) is -2.74. The Bertz CT molecular complexity index is 1130. The number of rotatable bonds is 5. The standard InChI is InChI=1S/C21H20ClF3N2O4S/c1-31-18-5-3-2-4-15(18)6-9-20(28)26-10-12-27(13-11-26)32(29,30)19-14-16(21(23,24)25)7-8-17(19)22/h2-9,14H,10-13H2,1H3/b9-6+. The number of carbonyl (C=O) groups excluding carboxylic acids is 1. The topological polar surface area (TPSA) is 66.9 Å². The van der Waals surface area contributed by atoms with Crippen LogP contribution >= 0.6 is 11.6 Å². The average molecular weight is 489 g/mol. The van der Waals surface area contributed by atoms with Gasteiger partial charge >= 0.3 is 6.18 Å². The minimum atomic E-state index is -4.70. The van der Waals surface area contributed by atoms with E-state index in [1.807, 2.05) is 0 Å². The molecular formula is C21H20ClF3N2O4S. The molecule has 1 amide bonds. The van der Waals surface area contributed by atoms with Crippen LogP contribution in [0.15, 0.2) is 53.4 Å². The number of ether oxygens (including phenoxy) is 1. The monoisotopic (exact) mass is 488 g/mol. The van der Waals surface area contributed by atoms with Crippen LogP contribution in [-0.4, -0.2) is 56.8 Å². The lowest BCUT2D eigenvalue weighted by atomic mass is 10.2. The van der Waals surface area contributed by atoms with E-state index in [4.69, 9.17) is 16.3 Å². The summed E-state index contributed by atoms with van der Waals surface area (Å²) in [4.78, 5) is 13.3. The van der Waals surface area contributed by atoms with E-state index in [1.165, 1.54) is 18.1 Å². The lowest BCUT2D eigenvalue weighted by Crippen LogP contribution is -2.50. The maximum Gasteiger partial charge on any atom is 0.416 e. The molecule has 2 aromatic carbocycles. The Labute approximate surface area is 188 Å². The van der Waals surface area contributed by atoms with Crippen LogP contribution in [0.3, 0.4) is 0 Å². The summed E-state index contributed by atoms with van der Waals surface area (Å²) in [5, 5.41) is -0.295. The predicted molar refractivity (Wildman–Crippen MR) is 114 cm³/mol. The third kappa shape index (κ3) is 5.25. The van der Waals surface area contributed by atoms with Crippen molar-refractivity contribution in [2.24, 2.45) is 0 Å². The summed E-state index contributed by atoms with van der Waals surface area (Å²) in [5.41, 5.74) is -0.389. The SMILES string of the molecule is COc1ccccc1/C=C/C(=O)N1CCN(S(=O)(=O)c2cc(C(F)(F)F)ccc2Cl)CC1. The molecule has 0 radical (unpaired) electrons. The molecule has 0 aliphatic carbocycles. The second-order valence-electron chi connectivity index (χ2n) is 6.95. The molecule has 172 valence electrons. The second-order valence-corrected chi connectivity index (χ2v) is 9.26. The van der Waals surface area contributed by atoms with Gasteiger partial charge in [0.05, 0.1) is 17.7 Å². The fourth-order valence-corrected chi connectivity index (χ4v) is 5.16. The Kier molecular flexibility index (Phi) is 7.16. The van der Waals surface area contributed by atoms with Gasteiger partial charge in [-0.2, -0.15) is 17.5 Å². The van der Waals surface area contributed by atoms with Crippen LogP contribution in [0.5, 0.6) is 5.75 Å². The summed E-state index contributed by atoms with van der Waals surface area (Å²) in [6.45, 7) is 0.0438. The van der Waals surface area contributed by atoms with Crippen molar-refractivity contribution in [3.63, 3.8) is 0 Å². The normalized spacial score (nSPS) is 15.8. The molecule has 11 heteroatoms. The molecule has 6 nitrogen and oxygen atoms in total. The molecule has 0 saturated carbocycles. The van der Waals surface area contributed by atoms with Crippen LogP contribution in [0.1, 0.15) is 11.1 Å². The van der Waals surface area contributed by atoms with Crippen LogP contribution in [-0.2, 0) is 21.0 Å². The van der Waals surface area contributed by atoms with Crippen LogP contribution in [0.4, 0.5) is 13.2 Å². The summed E-state index contributed by atoms with van der Waals surface area (Å²) in [5.74, 6) is 0.287. The minimum absolute atomic E-state index is 0.0663. The van der Waals surface area contributed by atoms with E-state index in [0.717, 1.165) is 16.4 Å². The largest absolute Gasteiger partial charge is 0.496 e. The lowest BCUT2D eigenvalue weighted by Gasteiger charge is -2.33. The van der Waals surface area contributed by atoms with Gasteiger partial charge in [-0.3, -0.25) is 4.79 Å². The van der Waals surface area contributed by atoms with Gasteiger partial charge in [0.25, 0.3) is 0 Å². The van der Waals surface area contributed by atoms with Crippen molar-refractivity contribution in [2.45, 2.75) is 11.1 Å². The van der Waals surface area contributed by atoms with Gasteiger partial charge in [0, 0.05) is 37.8 Å². The molecule has 1 fully saturated rings. The van der Waals surface area contributed by atoms with Gasteiger partial charge in [0.2, 0.25) is 15.9 Å². The van der Waals surface area contributed by atoms with Crippen molar-refractivity contribution < 1.29 is 31.1 Å². The molecule has 0 atom stereocenters. The molecule has 2 aromatic rings. The fraction of sp³-hybridized carbons (Fsp3) is 0.286. The number of amides is 1. The molecule has 1 saturated heterocycles. The number of benzene rings is 2. The molecule has 1 aliphatic rings. The third-order valence-corrected chi connectivity index (χ3v) is 7.35. The van der Waals surface area contributed by atoms with E-state index >= 15 is 0 Å². The van der Waals surface area contributed by atoms with Crippen molar-refractivity contribution in [3.05, 3.63) is 64.7 Å². The molecule has 0 spiro atoms. The van der Waals surface area contributed by atoms with Crippen molar-refractivity contribution in [1.29, 1.82) is 0 Å². The van der Waals surface area contributed by atoms with Crippen LogP contribution in [0.25, 0.3) is 6.08 Å². The van der Waals surface area contributed by atoms with E-state index in [9.17, 15) is 26.4 Å². The minimum Gasteiger partial charge on any atom is -0.496 e. The Morgan fingerprint density at radius 3 is 2.38 bits per heavy atom. The van der Waals surface area contributed by atoms with Crippen LogP contribution in [0, 0.1) is 0 Å². The Morgan fingerprint density at radius 1 is 1.09 bits per heavy atom. The fourth-order valence-electron chi connectivity index (χ4n) is 3.24. The highest BCUT2D eigenvalue weighted by Crippen LogP contribution is 2.34. The summed E-state index contributed by atoms with van der Waals surface area (Å²) < 4.78 is 71.0. The number of piperazine rings is 1. The zero-order chi connectivity index (χ0) is 23.5. The second kappa shape index (κ2) is 9.51. The van der Waals surface area contributed by atoms with Crippen LogP contribution in [0.2, 0.25) is 5.02 Å². The number of halogens is 4. The van der Waals surface area contributed by atoms with Crippen molar-refractivity contribution >= 4 is 33.6 Å². The number of nitrogens with zero attached hydrogens (tertiary/aromatic N) is 2. The molecule has 1 heterocycles. The van der Waals surface area contributed by atoms with E-state index in [1.54, 1.807) is 30.3 Å². The first-order chi connectivity index (χ1) is 15.0. The van der Waals surface area contributed by atoms with Crippen LogP contribution < -0.4 is 4.74 Å². The quantitative estimate of drug-likeness (QED) is 0.598. The van der Waals surface area contributed by atoms with Gasteiger partial charge in [0.15, 0.2) is 0 Å². The number of carbonyl (C=O) groups is 1. The third-order valence-electron chi connectivity index (χ3n) is 4.97. The maximum absolute atomic E-state index is 13.0. The van der Waals surface area contributed by atoms with E-state index < -0.39 is 26.7 Å². The van der Waals surface area contributed by atoms with Gasteiger partial charge < -0.3 is 9.64 Å². The highest BCUT2D eigenvalue weighted by atomic mass is 35.5. The summed E-state index contributed by atoms with van der Waals surface area (Å²) in [6, 6.07) is 9.32. The molecular weight excluding hydrogens is 469 g/mol. The molecule has 1 aliphatic heterocycles. The maximum atomic E-state index is 13.0. The van der Waals surface area contributed by atoms with Gasteiger partial charge in [-0.1, -0.05) is 29.8 Å². The number of alkyl halides is 3. The molecule has 32 heavy (non-hydrogen) atoms. The summed E-state index contributed by atoms with van der Waals surface area (Å²) in [6.07, 6.45) is -1.73. The average Bonchev–Trinajstić information content (AvgIpc) is 2.77. The van der Waals surface area contributed by atoms with Crippen molar-refractivity contribution in [3.8, 4) is 5.75 Å². The van der Waals surface area contributed by atoms with Gasteiger partial charge in [-0.15, -0.1) is 0 Å². The Morgan fingerprint density at radius 2 is 1.75 bits per heavy atom. The highest BCUT2D eigenvalue weighted by Gasteiger charge is 2.35. The summed E-state index contributed by atoms with van der Waals surface area (Å²) >= 11 is 5.90. The zero-order valence-corrected chi connectivity index (χ0v) is 18.5. The molecule has 0 unspecified atom stereocenters. The number of para-hydroxylation sites is 1. The predicted octanol–water partition coefficient (Wildman–Crippen LogP) is 3.91. The van der Waals surface area contributed by atoms with Gasteiger partial charge in [0.1, 0.15) is 10.6 Å². The number of methoxy groups -OCH3 is 1. The molecule has 0 N–H and O–H groups in total. The van der Waals surface area contributed by atoms with E-state index in [0.29, 0.717) is 17.4 Å². The first kappa shape index (κ1) is 24.1.